The number of hydrogen-bond acceptors (Lipinski definition) is 6. The van der Waals surface area contributed by atoms with E-state index in [1.807, 2.05) is 0 Å². The minimum Gasteiger partial charge on any atom is -0.454 e. The fourth-order valence-electron chi connectivity index (χ4n) is 4.50. The van der Waals surface area contributed by atoms with Gasteiger partial charge in [-0.25, -0.2) is 8.42 Å². The van der Waals surface area contributed by atoms with E-state index in [1.165, 1.54) is 49.6 Å². The molecule has 3 aromatic carbocycles. The first-order valence-electron chi connectivity index (χ1n) is 13.8. The third-order valence-electron chi connectivity index (χ3n) is 6.75. The number of rotatable bonds is 13. The van der Waals surface area contributed by atoms with Gasteiger partial charge < -0.3 is 20.3 Å². The molecule has 42 heavy (non-hydrogen) atoms. The molecule has 1 fully saturated rings. The third-order valence-corrected chi connectivity index (χ3v) is 8.67. The second kappa shape index (κ2) is 15.2. The van der Waals surface area contributed by atoms with Gasteiger partial charge in [-0.3, -0.25) is 14.3 Å². The van der Waals surface area contributed by atoms with Crippen molar-refractivity contribution in [2.75, 3.05) is 37.4 Å². The number of anilines is 1. The van der Waals surface area contributed by atoms with Crippen LogP contribution in [0.1, 0.15) is 42.5 Å². The Morgan fingerprint density at radius 2 is 1.60 bits per heavy atom. The zero-order valence-corrected chi connectivity index (χ0v) is 25.4. The molecular weight excluding hydrogens is 599 g/mol. The van der Waals surface area contributed by atoms with Gasteiger partial charge in [0.05, 0.1) is 22.2 Å². The smallest absolute Gasteiger partial charge is 0.262 e. The largest absolute Gasteiger partial charge is 0.454 e. The number of nitrogens with one attached hydrogen (secondary N) is 3. The molecule has 3 aromatic rings. The molecule has 0 unspecified atom stereocenters. The summed E-state index contributed by atoms with van der Waals surface area (Å²) in [5.74, 6) is -0.206. The van der Waals surface area contributed by atoms with E-state index in [0.717, 1.165) is 32.5 Å². The number of hydrogen-bond donors (Lipinski definition) is 3. The first-order valence-corrected chi connectivity index (χ1v) is 16.1. The van der Waals surface area contributed by atoms with Crippen LogP contribution in [0.4, 0.5) is 5.69 Å². The number of piperidine rings is 1. The molecule has 1 aliphatic rings. The summed E-state index contributed by atoms with van der Waals surface area (Å²) in [6, 6.07) is 16.6. The Kier molecular flexibility index (Phi) is 11.5. The molecule has 1 heterocycles. The zero-order valence-electron chi connectivity index (χ0n) is 23.1. The molecule has 0 aliphatic carbocycles. The zero-order chi connectivity index (χ0) is 30.0. The average Bonchev–Trinajstić information content (AvgIpc) is 2.98. The summed E-state index contributed by atoms with van der Waals surface area (Å²) >= 11 is 12.1. The van der Waals surface area contributed by atoms with E-state index in [1.54, 1.807) is 36.4 Å². The standard InChI is InChI=1S/C30H34Cl2N4O5S/c31-23-12-15-27(25(32)20-23)41-28-9-3-2-8-26(28)35-42(39,40)24-13-10-22(11-14-24)30(38)34-21-29(37)33-16-4-7-19-36-17-5-1-6-18-36/h2-3,8-15,20,35H,1,4-7,16-19,21H2,(H,33,37)(H,34,38). The van der Waals surface area contributed by atoms with Gasteiger partial charge in [-0.2, -0.15) is 0 Å². The molecule has 0 bridgehead atoms. The van der Waals surface area contributed by atoms with E-state index < -0.39 is 15.9 Å². The Balaban J connectivity index is 1.26. The second-order valence-electron chi connectivity index (χ2n) is 9.94. The number of likely N-dealkylation sites (tertiary alicyclic amines) is 1. The van der Waals surface area contributed by atoms with E-state index in [9.17, 15) is 18.0 Å². The Hall–Kier alpha value is -3.31. The van der Waals surface area contributed by atoms with Crippen LogP contribution in [0.15, 0.2) is 71.6 Å². The van der Waals surface area contributed by atoms with Crippen molar-refractivity contribution in [2.24, 2.45) is 0 Å². The summed E-state index contributed by atoms with van der Waals surface area (Å²) in [7, 11) is -4.02. The van der Waals surface area contributed by atoms with Crippen LogP contribution in [0, 0.1) is 0 Å². The number of ether oxygens (including phenoxy) is 1. The van der Waals surface area contributed by atoms with E-state index in [-0.39, 0.29) is 39.4 Å². The molecule has 9 nitrogen and oxygen atoms in total. The van der Waals surface area contributed by atoms with Crippen molar-refractivity contribution in [1.82, 2.24) is 15.5 Å². The van der Waals surface area contributed by atoms with Crippen LogP contribution in [-0.2, 0) is 14.8 Å². The van der Waals surface area contributed by atoms with Gasteiger partial charge in [0.1, 0.15) is 5.75 Å². The number of halogens is 2. The molecule has 1 aliphatic heterocycles. The van der Waals surface area contributed by atoms with E-state index in [2.05, 4.69) is 20.3 Å². The quantitative estimate of drug-likeness (QED) is 0.208. The van der Waals surface area contributed by atoms with Gasteiger partial charge in [-0.1, -0.05) is 41.8 Å². The fourth-order valence-corrected chi connectivity index (χ4v) is 6.02. The lowest BCUT2D eigenvalue weighted by molar-refractivity contribution is -0.120. The van der Waals surface area contributed by atoms with Gasteiger partial charge >= 0.3 is 0 Å². The Morgan fingerprint density at radius 3 is 2.33 bits per heavy atom. The minimum atomic E-state index is -4.02. The minimum absolute atomic E-state index is 0.0549. The molecule has 1 saturated heterocycles. The highest BCUT2D eigenvalue weighted by Gasteiger charge is 2.18. The van der Waals surface area contributed by atoms with E-state index >= 15 is 0 Å². The van der Waals surface area contributed by atoms with Gasteiger partial charge in [0.2, 0.25) is 5.91 Å². The van der Waals surface area contributed by atoms with Gasteiger partial charge in [-0.15, -0.1) is 0 Å². The highest BCUT2D eigenvalue weighted by molar-refractivity contribution is 7.92. The lowest BCUT2D eigenvalue weighted by Crippen LogP contribution is -2.37. The number of carbonyl (C=O) groups is 2. The third kappa shape index (κ3) is 9.35. The summed E-state index contributed by atoms with van der Waals surface area (Å²) in [4.78, 5) is 27.1. The number of sulfonamides is 1. The summed E-state index contributed by atoms with van der Waals surface area (Å²) in [5.41, 5.74) is 0.423. The predicted molar refractivity (Wildman–Crippen MR) is 165 cm³/mol. The van der Waals surface area contributed by atoms with Crippen LogP contribution in [0.2, 0.25) is 10.0 Å². The van der Waals surface area contributed by atoms with Crippen LogP contribution >= 0.6 is 23.2 Å². The van der Waals surface area contributed by atoms with Crippen molar-refractivity contribution in [1.29, 1.82) is 0 Å². The Morgan fingerprint density at radius 1 is 0.857 bits per heavy atom. The van der Waals surface area contributed by atoms with Gasteiger partial charge in [0.15, 0.2) is 5.75 Å². The van der Waals surface area contributed by atoms with E-state index in [0.29, 0.717) is 17.3 Å². The highest BCUT2D eigenvalue weighted by Crippen LogP contribution is 2.35. The SMILES string of the molecule is O=C(CNC(=O)c1ccc(S(=O)(=O)Nc2ccccc2Oc2ccc(Cl)cc2Cl)cc1)NCCCCN1CCCCC1. The lowest BCUT2D eigenvalue weighted by atomic mass is 10.1. The first kappa shape index (κ1) is 31.6. The van der Waals surface area contributed by atoms with Gasteiger partial charge in [-0.05, 0) is 99.9 Å². The molecule has 0 radical (unpaired) electrons. The average molecular weight is 634 g/mol. The molecule has 12 heteroatoms. The molecule has 4 rings (SSSR count). The number of amides is 2. The van der Waals surface area contributed by atoms with Crippen molar-refractivity contribution in [2.45, 2.75) is 37.0 Å². The summed E-state index contributed by atoms with van der Waals surface area (Å²) in [6.07, 6.45) is 5.74. The highest BCUT2D eigenvalue weighted by atomic mass is 35.5. The molecule has 224 valence electrons. The van der Waals surface area contributed by atoms with Crippen molar-refractivity contribution in [3.8, 4) is 11.5 Å². The number of carbonyl (C=O) groups excluding carboxylic acids is 2. The summed E-state index contributed by atoms with van der Waals surface area (Å²) < 4.78 is 34.5. The molecule has 0 aromatic heterocycles. The lowest BCUT2D eigenvalue weighted by Gasteiger charge is -2.26. The van der Waals surface area contributed by atoms with Gasteiger partial charge in [0.25, 0.3) is 15.9 Å². The molecule has 0 saturated carbocycles. The second-order valence-corrected chi connectivity index (χ2v) is 12.5. The van der Waals surface area contributed by atoms with Crippen LogP contribution in [0.5, 0.6) is 11.5 Å². The van der Waals surface area contributed by atoms with Crippen molar-refractivity contribution < 1.29 is 22.7 Å². The number of nitrogens with zero attached hydrogens (tertiary/aromatic N) is 1. The molecule has 0 spiro atoms. The van der Waals surface area contributed by atoms with E-state index in [4.69, 9.17) is 27.9 Å². The maximum absolute atomic E-state index is 13.1. The monoisotopic (exact) mass is 632 g/mol. The maximum Gasteiger partial charge on any atom is 0.262 e. The molecular formula is C30H34Cl2N4O5S. The normalized spacial score (nSPS) is 13.8. The van der Waals surface area contributed by atoms with Crippen molar-refractivity contribution in [3.05, 3.63) is 82.3 Å². The summed E-state index contributed by atoms with van der Waals surface area (Å²) in [5, 5.41) is 6.10. The fraction of sp³-hybridized carbons (Fsp3) is 0.333. The summed E-state index contributed by atoms with van der Waals surface area (Å²) in [6.45, 7) is 3.76. The molecule has 3 N–H and O–H groups in total. The first-order chi connectivity index (χ1) is 20.2. The Labute approximate surface area is 256 Å². The number of para-hydroxylation sites is 2. The molecule has 2 amide bonds. The van der Waals surface area contributed by atoms with Crippen LogP contribution in [0.25, 0.3) is 0 Å². The number of unbranched alkanes of at least 4 members (excludes halogenated alkanes) is 1. The van der Waals surface area contributed by atoms with Crippen molar-refractivity contribution in [3.63, 3.8) is 0 Å². The predicted octanol–water partition coefficient (Wildman–Crippen LogP) is 5.70. The molecule has 0 atom stereocenters. The van der Waals surface area contributed by atoms with Crippen LogP contribution in [0.3, 0.4) is 0 Å². The maximum atomic E-state index is 13.1. The van der Waals surface area contributed by atoms with Crippen LogP contribution in [-0.4, -0.2) is 57.9 Å². The van der Waals surface area contributed by atoms with Crippen LogP contribution < -0.4 is 20.1 Å². The topological polar surface area (TPSA) is 117 Å². The van der Waals surface area contributed by atoms with Crippen molar-refractivity contribution >= 4 is 50.7 Å². The van der Waals surface area contributed by atoms with Gasteiger partial charge in [0, 0.05) is 17.1 Å². The Bertz CT molecular complexity index is 1480. The number of benzene rings is 3.